The summed E-state index contributed by atoms with van der Waals surface area (Å²) in [6.07, 6.45) is 0. The first-order valence-corrected chi connectivity index (χ1v) is 6.62. The number of aromatic carboxylic acids is 1. The number of fused-ring (bicyclic) bond motifs is 1. The number of carbonyl (C=O) groups excluding carboxylic acids is 1. The van der Waals surface area contributed by atoms with Gasteiger partial charge in [-0.25, -0.2) is 0 Å². The van der Waals surface area contributed by atoms with Crippen LogP contribution >= 0.6 is 23.2 Å². The number of carboxylic acid groups (broad SMARTS) is 1. The molecule has 0 spiro atoms. The van der Waals surface area contributed by atoms with E-state index in [0.717, 1.165) is 0 Å². The van der Waals surface area contributed by atoms with Crippen LogP contribution in [-0.2, 0) is 0 Å². The topological polar surface area (TPSA) is 78.2 Å². The van der Waals surface area contributed by atoms with E-state index in [-0.39, 0.29) is 17.3 Å². The van der Waals surface area contributed by atoms with Gasteiger partial charge in [0.1, 0.15) is 5.52 Å². The van der Waals surface area contributed by atoms with E-state index in [2.05, 4.69) is 10.3 Å². The average molecular weight is 322 g/mol. The normalized spacial score (nSPS) is 10.8. The Bertz CT molecular complexity index is 845. The Kier molecular flexibility index (Phi) is 3.45. The maximum Gasteiger partial charge on any atom is 0.300 e. The van der Waals surface area contributed by atoms with Crippen LogP contribution in [0, 0.1) is 0 Å². The van der Waals surface area contributed by atoms with E-state index in [4.69, 9.17) is 27.6 Å². The van der Waals surface area contributed by atoms with Crippen molar-refractivity contribution in [1.82, 2.24) is 4.98 Å². The maximum absolute atomic E-state index is 11.1. The van der Waals surface area contributed by atoms with Crippen molar-refractivity contribution >= 4 is 52.0 Å². The monoisotopic (exact) mass is 321 g/mol. The zero-order chi connectivity index (χ0) is 15.0. The van der Waals surface area contributed by atoms with Gasteiger partial charge >= 0.3 is 0 Å². The predicted molar refractivity (Wildman–Crippen MR) is 78.1 cm³/mol. The van der Waals surface area contributed by atoms with E-state index in [1.165, 1.54) is 18.2 Å². The number of halogens is 2. The van der Waals surface area contributed by atoms with Gasteiger partial charge in [0, 0.05) is 15.6 Å². The molecule has 1 N–H and O–H groups in total. The number of carboxylic acids is 1. The number of nitrogens with one attached hydrogen (secondary N) is 1. The highest BCUT2D eigenvalue weighted by Gasteiger charge is 2.10. The molecule has 0 bridgehead atoms. The number of benzene rings is 2. The van der Waals surface area contributed by atoms with E-state index in [1.54, 1.807) is 18.2 Å². The zero-order valence-electron chi connectivity index (χ0n) is 10.4. The number of anilines is 2. The molecular formula is C14H7Cl2N2O3-. The van der Waals surface area contributed by atoms with Crippen LogP contribution in [0.1, 0.15) is 10.4 Å². The third kappa shape index (κ3) is 2.79. The summed E-state index contributed by atoms with van der Waals surface area (Å²) in [4.78, 5) is 15.3. The van der Waals surface area contributed by atoms with Gasteiger partial charge in [0.25, 0.3) is 6.01 Å². The van der Waals surface area contributed by atoms with Crippen LogP contribution in [0.5, 0.6) is 0 Å². The molecule has 1 aromatic heterocycles. The Hall–Kier alpha value is -2.24. The van der Waals surface area contributed by atoms with Gasteiger partial charge in [-0.1, -0.05) is 23.2 Å². The molecule has 0 aliphatic heterocycles. The minimum atomic E-state index is -1.33. The van der Waals surface area contributed by atoms with Gasteiger partial charge in [-0.05, 0) is 36.4 Å². The summed E-state index contributed by atoms with van der Waals surface area (Å²) in [5.41, 5.74) is 1.28. The Balaban J connectivity index is 2.02. The molecule has 0 unspecified atom stereocenters. The second-order valence-electron chi connectivity index (χ2n) is 4.23. The molecule has 7 heteroatoms. The summed E-state index contributed by atoms with van der Waals surface area (Å²) >= 11 is 11.7. The second-order valence-corrected chi connectivity index (χ2v) is 5.11. The van der Waals surface area contributed by atoms with Crippen molar-refractivity contribution in [2.45, 2.75) is 0 Å². The lowest BCUT2D eigenvalue weighted by atomic mass is 10.2. The molecule has 0 aliphatic carbocycles. The van der Waals surface area contributed by atoms with Crippen LogP contribution in [0.25, 0.3) is 11.1 Å². The summed E-state index contributed by atoms with van der Waals surface area (Å²) < 4.78 is 5.46. The van der Waals surface area contributed by atoms with E-state index in [0.29, 0.717) is 21.1 Å². The van der Waals surface area contributed by atoms with Crippen LogP contribution < -0.4 is 10.4 Å². The highest BCUT2D eigenvalue weighted by Crippen LogP contribution is 2.27. The molecule has 0 aliphatic rings. The third-order valence-corrected chi connectivity index (χ3v) is 3.26. The number of rotatable bonds is 3. The summed E-state index contributed by atoms with van der Waals surface area (Å²) in [6, 6.07) is 9.39. The molecular weight excluding hydrogens is 315 g/mol. The van der Waals surface area contributed by atoms with Crippen molar-refractivity contribution in [3.05, 3.63) is 52.0 Å². The van der Waals surface area contributed by atoms with Crippen molar-refractivity contribution in [3.8, 4) is 0 Å². The fourth-order valence-electron chi connectivity index (χ4n) is 1.87. The average Bonchev–Trinajstić information content (AvgIpc) is 2.79. The smallest absolute Gasteiger partial charge is 0.300 e. The fraction of sp³-hybridized carbons (Fsp3) is 0. The molecule has 5 nitrogen and oxygen atoms in total. The molecule has 3 aromatic rings. The number of aromatic nitrogens is 1. The minimum absolute atomic E-state index is 0.0420. The fourth-order valence-corrected chi connectivity index (χ4v) is 2.21. The van der Waals surface area contributed by atoms with E-state index in [1.807, 2.05) is 0 Å². The van der Waals surface area contributed by atoms with Gasteiger partial charge in [0.15, 0.2) is 5.58 Å². The van der Waals surface area contributed by atoms with Crippen molar-refractivity contribution in [2.24, 2.45) is 0 Å². The van der Waals surface area contributed by atoms with Gasteiger partial charge in [-0.15, -0.1) is 0 Å². The summed E-state index contributed by atoms with van der Waals surface area (Å²) in [5.74, 6) is -1.33. The quantitative estimate of drug-likeness (QED) is 0.801. The Morgan fingerprint density at radius 2 is 1.86 bits per heavy atom. The van der Waals surface area contributed by atoms with E-state index in [9.17, 15) is 9.90 Å². The molecule has 0 fully saturated rings. The number of nitrogens with zero attached hydrogens (tertiary/aromatic N) is 1. The zero-order valence-corrected chi connectivity index (χ0v) is 11.9. The van der Waals surface area contributed by atoms with Crippen molar-refractivity contribution < 1.29 is 14.3 Å². The lowest BCUT2D eigenvalue weighted by molar-refractivity contribution is -0.254. The Morgan fingerprint density at radius 1 is 1.14 bits per heavy atom. The van der Waals surface area contributed by atoms with Gasteiger partial charge < -0.3 is 19.6 Å². The summed E-state index contributed by atoms with van der Waals surface area (Å²) in [7, 11) is 0. The van der Waals surface area contributed by atoms with Crippen LogP contribution in [0.15, 0.2) is 40.8 Å². The molecule has 3 rings (SSSR count). The summed E-state index contributed by atoms with van der Waals surface area (Å²) in [5, 5.41) is 14.8. The lowest BCUT2D eigenvalue weighted by Gasteiger charge is -2.10. The molecule has 106 valence electrons. The van der Waals surface area contributed by atoms with Crippen LogP contribution in [0.3, 0.4) is 0 Å². The molecule has 0 saturated carbocycles. The third-order valence-electron chi connectivity index (χ3n) is 2.79. The van der Waals surface area contributed by atoms with Gasteiger partial charge in [0.05, 0.1) is 11.7 Å². The highest BCUT2D eigenvalue weighted by atomic mass is 35.5. The van der Waals surface area contributed by atoms with Crippen LogP contribution in [0.2, 0.25) is 10.0 Å². The second kappa shape index (κ2) is 5.27. The number of oxazole rings is 1. The van der Waals surface area contributed by atoms with Crippen LogP contribution in [-0.4, -0.2) is 11.0 Å². The van der Waals surface area contributed by atoms with Gasteiger partial charge in [-0.3, -0.25) is 0 Å². The predicted octanol–water partition coefficient (Wildman–Crippen LogP) is 3.24. The standard InChI is InChI=1S/C14H8Cl2N2O3/c15-7-1-3-9(13(19)20)10(5-7)17-14-18-11-6-8(16)2-4-12(11)21-14/h1-6H,(H,17,18)(H,19,20)/p-1. The SMILES string of the molecule is O=C([O-])c1ccc(Cl)cc1Nc1nc2cc(Cl)ccc2o1. The first kappa shape index (κ1) is 13.7. The number of hydrogen-bond donors (Lipinski definition) is 1. The minimum Gasteiger partial charge on any atom is -0.545 e. The first-order valence-electron chi connectivity index (χ1n) is 5.87. The van der Waals surface area contributed by atoms with Crippen molar-refractivity contribution in [2.75, 3.05) is 5.32 Å². The Morgan fingerprint density at radius 3 is 2.62 bits per heavy atom. The largest absolute Gasteiger partial charge is 0.545 e. The number of hydrogen-bond acceptors (Lipinski definition) is 5. The first-order chi connectivity index (χ1) is 10.0. The lowest BCUT2D eigenvalue weighted by Crippen LogP contribution is -2.23. The van der Waals surface area contributed by atoms with Crippen LogP contribution in [0.4, 0.5) is 11.7 Å². The molecule has 0 radical (unpaired) electrons. The molecule has 1 heterocycles. The molecule has 2 aromatic carbocycles. The summed E-state index contributed by atoms with van der Waals surface area (Å²) in [6.45, 7) is 0. The van der Waals surface area contributed by atoms with E-state index < -0.39 is 5.97 Å². The number of carbonyl (C=O) groups is 1. The van der Waals surface area contributed by atoms with Crippen molar-refractivity contribution in [1.29, 1.82) is 0 Å². The Labute approximate surface area is 129 Å². The molecule has 0 saturated heterocycles. The van der Waals surface area contributed by atoms with E-state index >= 15 is 0 Å². The van der Waals surface area contributed by atoms with Gasteiger partial charge in [0.2, 0.25) is 0 Å². The maximum atomic E-state index is 11.1. The highest BCUT2D eigenvalue weighted by molar-refractivity contribution is 6.31. The molecule has 21 heavy (non-hydrogen) atoms. The van der Waals surface area contributed by atoms with Gasteiger partial charge in [-0.2, -0.15) is 4.98 Å². The molecule has 0 atom stereocenters. The van der Waals surface area contributed by atoms with Crippen molar-refractivity contribution in [3.63, 3.8) is 0 Å². The molecule has 0 amide bonds.